The van der Waals surface area contributed by atoms with Crippen LogP contribution >= 0.6 is 0 Å². The molecule has 2 N–H and O–H groups in total. The third-order valence-corrected chi connectivity index (χ3v) is 2.26. The first kappa shape index (κ1) is 8.97. The maximum Gasteiger partial charge on any atom is 0.0548 e. The summed E-state index contributed by atoms with van der Waals surface area (Å²) in [5.74, 6) is 5.51. The number of rotatable bonds is 0. The van der Waals surface area contributed by atoms with Crippen LogP contribution < -0.4 is 5.84 Å². The van der Waals surface area contributed by atoms with Gasteiger partial charge in [-0.15, -0.1) is 0 Å². The van der Waals surface area contributed by atoms with Crippen LogP contribution in [0.15, 0.2) is 0 Å². The van der Waals surface area contributed by atoms with Crippen molar-refractivity contribution in [3.05, 3.63) is 0 Å². The topological polar surface area (TPSA) is 38.5 Å². The lowest BCUT2D eigenvalue weighted by Gasteiger charge is -2.44. The zero-order valence-corrected chi connectivity index (χ0v) is 7.47. The van der Waals surface area contributed by atoms with Crippen molar-refractivity contribution in [2.75, 3.05) is 26.3 Å². The van der Waals surface area contributed by atoms with E-state index in [4.69, 9.17) is 10.6 Å². The van der Waals surface area contributed by atoms with Gasteiger partial charge in [-0.25, -0.2) is 5.01 Å². The summed E-state index contributed by atoms with van der Waals surface area (Å²) >= 11 is 0. The third kappa shape index (κ3) is 1.72. The highest BCUT2D eigenvalue weighted by Crippen LogP contribution is 2.35. The van der Waals surface area contributed by atoms with E-state index in [1.807, 2.05) is 18.9 Å². The van der Waals surface area contributed by atoms with Crippen LogP contribution in [0.1, 0.15) is 20.3 Å². The van der Waals surface area contributed by atoms with Crippen molar-refractivity contribution < 1.29 is 4.74 Å². The molecule has 0 amide bonds. The average molecular weight is 158 g/mol. The lowest BCUT2D eigenvalue weighted by molar-refractivity contribution is -0.00720. The van der Waals surface area contributed by atoms with Crippen molar-refractivity contribution in [1.29, 1.82) is 0 Å². The van der Waals surface area contributed by atoms with Gasteiger partial charge < -0.3 is 4.74 Å². The molecule has 1 spiro atoms. The van der Waals surface area contributed by atoms with Gasteiger partial charge in [-0.05, 0) is 6.42 Å². The Labute approximate surface area is 68.5 Å². The number of nitrogens with two attached hydrogens (primary N) is 1. The first-order chi connectivity index (χ1) is 5.31. The smallest absolute Gasteiger partial charge is 0.0548 e. The van der Waals surface area contributed by atoms with E-state index in [9.17, 15) is 0 Å². The molecular weight excluding hydrogens is 140 g/mol. The minimum absolute atomic E-state index is 0.467. The second kappa shape index (κ2) is 3.52. The first-order valence-electron chi connectivity index (χ1n) is 4.38. The van der Waals surface area contributed by atoms with Gasteiger partial charge >= 0.3 is 0 Å². The molecule has 11 heavy (non-hydrogen) atoms. The van der Waals surface area contributed by atoms with Gasteiger partial charge in [0.15, 0.2) is 0 Å². The molecular formula is C8H18N2O. The number of hydrogen-bond donors (Lipinski definition) is 1. The standard InChI is InChI=1S/C6H12N2O.C2H6/c7-8-3-6(4-8)1-2-9-5-6;1-2/h1-5,7H2;1-2H3. The monoisotopic (exact) mass is 158 g/mol. The number of hydrogen-bond acceptors (Lipinski definition) is 3. The van der Waals surface area contributed by atoms with E-state index in [1.54, 1.807) is 0 Å². The second-order valence-electron chi connectivity index (χ2n) is 3.21. The highest BCUT2D eigenvalue weighted by molar-refractivity contribution is 4.94. The molecule has 0 atom stereocenters. The van der Waals surface area contributed by atoms with Gasteiger partial charge in [0.25, 0.3) is 0 Å². The molecule has 2 aliphatic heterocycles. The van der Waals surface area contributed by atoms with E-state index in [0.717, 1.165) is 26.3 Å². The van der Waals surface area contributed by atoms with Crippen LogP contribution in [0.25, 0.3) is 0 Å². The fourth-order valence-electron chi connectivity index (χ4n) is 1.71. The van der Waals surface area contributed by atoms with Gasteiger partial charge in [0.2, 0.25) is 0 Å². The summed E-state index contributed by atoms with van der Waals surface area (Å²) in [7, 11) is 0. The molecule has 0 aliphatic carbocycles. The summed E-state index contributed by atoms with van der Waals surface area (Å²) in [6.45, 7) is 7.94. The van der Waals surface area contributed by atoms with Crippen molar-refractivity contribution in [1.82, 2.24) is 5.01 Å². The maximum absolute atomic E-state index is 5.51. The molecule has 0 aromatic rings. The quantitative estimate of drug-likeness (QED) is 0.525. The summed E-state index contributed by atoms with van der Waals surface area (Å²) in [4.78, 5) is 0. The van der Waals surface area contributed by atoms with Gasteiger partial charge in [0.05, 0.1) is 6.61 Å². The fraction of sp³-hybridized carbons (Fsp3) is 1.00. The normalized spacial score (nSPS) is 27.5. The van der Waals surface area contributed by atoms with Gasteiger partial charge in [0.1, 0.15) is 0 Å². The summed E-state index contributed by atoms with van der Waals surface area (Å²) < 4.78 is 5.27. The Morgan fingerprint density at radius 2 is 2.00 bits per heavy atom. The van der Waals surface area contributed by atoms with Crippen LogP contribution in [-0.2, 0) is 4.74 Å². The lowest BCUT2D eigenvalue weighted by atomic mass is 9.81. The van der Waals surface area contributed by atoms with Crippen LogP contribution in [0, 0.1) is 5.41 Å². The molecule has 0 aromatic carbocycles. The van der Waals surface area contributed by atoms with E-state index in [2.05, 4.69) is 0 Å². The SMILES string of the molecule is CC.NN1CC2(CCOC2)C1. The molecule has 2 rings (SSSR count). The molecule has 0 aromatic heterocycles. The van der Waals surface area contributed by atoms with E-state index in [-0.39, 0.29) is 0 Å². The zero-order chi connectivity index (χ0) is 8.32. The molecule has 2 aliphatic rings. The lowest BCUT2D eigenvalue weighted by Crippen LogP contribution is -2.59. The Balaban J connectivity index is 0.000000281. The fourth-order valence-corrected chi connectivity index (χ4v) is 1.71. The van der Waals surface area contributed by atoms with Crippen LogP contribution in [0.5, 0.6) is 0 Å². The van der Waals surface area contributed by atoms with Gasteiger partial charge in [0, 0.05) is 25.1 Å². The van der Waals surface area contributed by atoms with Crippen molar-refractivity contribution in [3.63, 3.8) is 0 Å². The van der Waals surface area contributed by atoms with Crippen LogP contribution in [0.4, 0.5) is 0 Å². The molecule has 0 unspecified atom stereocenters. The number of hydrazine groups is 1. The highest BCUT2D eigenvalue weighted by atomic mass is 16.5. The average Bonchev–Trinajstić information content (AvgIpc) is 2.40. The summed E-state index contributed by atoms with van der Waals surface area (Å²) in [5.41, 5.74) is 0.467. The Kier molecular flexibility index (Phi) is 2.87. The number of nitrogens with zero attached hydrogens (tertiary/aromatic N) is 1. The second-order valence-corrected chi connectivity index (χ2v) is 3.21. The molecule has 0 radical (unpaired) electrons. The van der Waals surface area contributed by atoms with Gasteiger partial charge in [-0.1, -0.05) is 13.8 Å². The van der Waals surface area contributed by atoms with Crippen molar-refractivity contribution in [3.8, 4) is 0 Å². The van der Waals surface area contributed by atoms with E-state index >= 15 is 0 Å². The summed E-state index contributed by atoms with van der Waals surface area (Å²) in [5, 5.41) is 1.86. The summed E-state index contributed by atoms with van der Waals surface area (Å²) in [6.07, 6.45) is 1.21. The van der Waals surface area contributed by atoms with Crippen molar-refractivity contribution in [2.24, 2.45) is 11.3 Å². The minimum Gasteiger partial charge on any atom is -0.381 e. The summed E-state index contributed by atoms with van der Waals surface area (Å²) in [6, 6.07) is 0. The molecule has 3 nitrogen and oxygen atoms in total. The Morgan fingerprint density at radius 1 is 1.36 bits per heavy atom. The van der Waals surface area contributed by atoms with Crippen LogP contribution in [0.3, 0.4) is 0 Å². The molecule has 0 bridgehead atoms. The molecule has 2 heterocycles. The van der Waals surface area contributed by atoms with Crippen LogP contribution in [-0.4, -0.2) is 31.3 Å². The maximum atomic E-state index is 5.51. The van der Waals surface area contributed by atoms with Crippen molar-refractivity contribution >= 4 is 0 Å². The zero-order valence-electron chi connectivity index (χ0n) is 7.47. The molecule has 0 saturated carbocycles. The van der Waals surface area contributed by atoms with Gasteiger partial charge in [-0.2, -0.15) is 0 Å². The van der Waals surface area contributed by atoms with E-state index in [0.29, 0.717) is 5.41 Å². The molecule has 2 fully saturated rings. The largest absolute Gasteiger partial charge is 0.381 e. The third-order valence-electron chi connectivity index (χ3n) is 2.26. The highest BCUT2D eigenvalue weighted by Gasteiger charge is 2.44. The van der Waals surface area contributed by atoms with E-state index in [1.165, 1.54) is 6.42 Å². The minimum atomic E-state index is 0.467. The molecule has 3 heteroatoms. The molecule has 2 saturated heterocycles. The van der Waals surface area contributed by atoms with E-state index < -0.39 is 0 Å². The predicted octanol–water partition coefficient (Wildman–Crippen LogP) is 0.609. The first-order valence-corrected chi connectivity index (χ1v) is 4.38. The predicted molar refractivity (Wildman–Crippen MR) is 45.0 cm³/mol. The van der Waals surface area contributed by atoms with Crippen LogP contribution in [0.2, 0.25) is 0 Å². The van der Waals surface area contributed by atoms with Gasteiger partial charge in [-0.3, -0.25) is 5.84 Å². The Morgan fingerprint density at radius 3 is 2.36 bits per heavy atom. The molecule has 66 valence electrons. The number of ether oxygens (including phenoxy) is 1. The Bertz CT molecular complexity index is 113. The Hall–Kier alpha value is -0.120. The van der Waals surface area contributed by atoms with Crippen molar-refractivity contribution in [2.45, 2.75) is 20.3 Å².